The summed E-state index contributed by atoms with van der Waals surface area (Å²) in [5, 5.41) is 13.4. The lowest BCUT2D eigenvalue weighted by Gasteiger charge is -2.04. The number of hydrogen-bond acceptors (Lipinski definition) is 6. The molecule has 0 saturated carbocycles. The Labute approximate surface area is 135 Å². The summed E-state index contributed by atoms with van der Waals surface area (Å²) in [5.74, 6) is 0.846. The summed E-state index contributed by atoms with van der Waals surface area (Å²) < 4.78 is 1.99. The first-order valence-electron chi connectivity index (χ1n) is 6.64. The van der Waals surface area contributed by atoms with Crippen molar-refractivity contribution in [2.24, 2.45) is 7.05 Å². The molecule has 22 heavy (non-hydrogen) atoms. The minimum Gasteiger partial charge on any atom is -0.305 e. The van der Waals surface area contributed by atoms with Crippen molar-refractivity contribution in [1.29, 1.82) is 0 Å². The zero-order valence-corrected chi connectivity index (χ0v) is 13.3. The van der Waals surface area contributed by atoms with Crippen molar-refractivity contribution in [2.75, 3.05) is 0 Å². The normalized spacial score (nSPS) is 11.1. The minimum absolute atomic E-state index is 0.810. The van der Waals surface area contributed by atoms with E-state index in [0.29, 0.717) is 0 Å². The maximum absolute atomic E-state index is 4.37. The number of hydrogen-bond donors (Lipinski definition) is 0. The molecule has 108 valence electrons. The smallest absolute Gasteiger partial charge is 0.197 e. The number of rotatable bonds is 3. The zero-order valence-electron chi connectivity index (χ0n) is 11.7. The fourth-order valence-corrected chi connectivity index (χ4v) is 3.83. The summed E-state index contributed by atoms with van der Waals surface area (Å²) in [6, 6.07) is 12.1. The molecule has 0 atom stereocenters. The maximum Gasteiger partial charge on any atom is 0.197 e. The van der Waals surface area contributed by atoms with Gasteiger partial charge in [-0.25, -0.2) is 9.97 Å². The highest BCUT2D eigenvalue weighted by Gasteiger charge is 2.14. The molecule has 0 unspecified atom stereocenters. The van der Waals surface area contributed by atoms with Crippen molar-refractivity contribution >= 4 is 33.3 Å². The molecule has 0 aliphatic rings. The van der Waals surface area contributed by atoms with Gasteiger partial charge in [0.25, 0.3) is 0 Å². The van der Waals surface area contributed by atoms with Gasteiger partial charge in [-0.15, -0.1) is 21.5 Å². The Balaban J connectivity index is 1.73. The molecule has 0 saturated heterocycles. The number of benzene rings is 1. The fraction of sp³-hybridized carbons (Fsp3) is 0.0667. The first-order chi connectivity index (χ1) is 10.8. The fourth-order valence-electron chi connectivity index (χ4n) is 2.18. The van der Waals surface area contributed by atoms with Gasteiger partial charge in [-0.05, 0) is 23.2 Å². The first-order valence-corrected chi connectivity index (χ1v) is 8.33. The quantitative estimate of drug-likeness (QED) is 0.538. The van der Waals surface area contributed by atoms with Gasteiger partial charge in [0.2, 0.25) is 0 Å². The van der Waals surface area contributed by atoms with E-state index in [2.05, 4.69) is 20.2 Å². The van der Waals surface area contributed by atoms with Crippen molar-refractivity contribution in [3.05, 3.63) is 48.1 Å². The average Bonchev–Trinajstić information content (AvgIpc) is 3.16. The van der Waals surface area contributed by atoms with Crippen LogP contribution in [0, 0.1) is 0 Å². The third-order valence-electron chi connectivity index (χ3n) is 3.28. The van der Waals surface area contributed by atoms with E-state index in [0.717, 1.165) is 31.8 Å². The van der Waals surface area contributed by atoms with Crippen molar-refractivity contribution in [3.63, 3.8) is 0 Å². The Morgan fingerprint density at radius 1 is 1.05 bits per heavy atom. The van der Waals surface area contributed by atoms with Crippen molar-refractivity contribution < 1.29 is 0 Å². The lowest BCUT2D eigenvalue weighted by atomic mass is 10.2. The largest absolute Gasteiger partial charge is 0.305 e. The van der Waals surface area contributed by atoms with Crippen LogP contribution in [0.15, 0.2) is 58.3 Å². The molecule has 7 heteroatoms. The average molecular weight is 325 g/mol. The Morgan fingerprint density at radius 3 is 2.77 bits per heavy atom. The molecule has 3 heterocycles. The van der Waals surface area contributed by atoms with Crippen molar-refractivity contribution in [1.82, 2.24) is 24.7 Å². The minimum atomic E-state index is 0.810. The molecule has 0 aliphatic heterocycles. The van der Waals surface area contributed by atoms with E-state index in [1.165, 1.54) is 11.8 Å². The molecule has 0 amide bonds. The molecule has 0 radical (unpaired) electrons. The summed E-state index contributed by atoms with van der Waals surface area (Å²) in [6.07, 6.45) is 1.59. The van der Waals surface area contributed by atoms with Gasteiger partial charge in [-0.3, -0.25) is 0 Å². The van der Waals surface area contributed by atoms with E-state index >= 15 is 0 Å². The summed E-state index contributed by atoms with van der Waals surface area (Å²) in [4.78, 5) is 9.63. The zero-order chi connectivity index (χ0) is 14.9. The molecule has 0 spiro atoms. The van der Waals surface area contributed by atoms with Crippen molar-refractivity contribution in [3.8, 4) is 11.4 Å². The summed E-state index contributed by atoms with van der Waals surface area (Å²) in [7, 11) is 1.97. The lowest BCUT2D eigenvalue weighted by Crippen LogP contribution is -1.95. The molecule has 0 bridgehead atoms. The molecule has 4 rings (SSSR count). The predicted octanol–water partition coefficient (Wildman–Crippen LogP) is 3.64. The summed E-state index contributed by atoms with van der Waals surface area (Å²) in [5.41, 5.74) is 1.05. The van der Waals surface area contributed by atoms with Gasteiger partial charge in [-0.2, -0.15) is 0 Å². The molecular formula is C15H11N5S2. The van der Waals surface area contributed by atoms with Crippen LogP contribution >= 0.6 is 23.1 Å². The van der Waals surface area contributed by atoms with Gasteiger partial charge in [-0.1, -0.05) is 30.3 Å². The van der Waals surface area contributed by atoms with Crippen LogP contribution in [-0.4, -0.2) is 24.7 Å². The number of aromatic nitrogens is 5. The second kappa shape index (κ2) is 5.51. The van der Waals surface area contributed by atoms with E-state index in [9.17, 15) is 0 Å². The van der Waals surface area contributed by atoms with Crippen LogP contribution < -0.4 is 0 Å². The second-order valence-corrected chi connectivity index (χ2v) is 6.50. The molecular weight excluding hydrogens is 314 g/mol. The third kappa shape index (κ3) is 2.28. The Bertz CT molecular complexity index is 929. The summed E-state index contributed by atoms with van der Waals surface area (Å²) >= 11 is 3.12. The molecule has 1 aromatic carbocycles. The van der Waals surface area contributed by atoms with Gasteiger partial charge in [0, 0.05) is 18.0 Å². The first kappa shape index (κ1) is 13.4. The highest BCUT2D eigenvalue weighted by atomic mass is 32.2. The topological polar surface area (TPSA) is 56.5 Å². The summed E-state index contributed by atoms with van der Waals surface area (Å²) in [6.45, 7) is 0. The van der Waals surface area contributed by atoms with Crippen LogP contribution in [0.2, 0.25) is 0 Å². The number of fused-ring (bicyclic) bond motifs is 1. The highest BCUT2D eigenvalue weighted by Crippen LogP contribution is 2.32. The molecule has 0 fully saturated rings. The molecule has 0 N–H and O–H groups in total. The molecule has 5 nitrogen and oxygen atoms in total. The molecule has 0 aliphatic carbocycles. The van der Waals surface area contributed by atoms with Gasteiger partial charge in [0.1, 0.15) is 16.2 Å². The SMILES string of the molecule is Cn1c(Sc2ncnc3sccc23)nnc1-c1ccccc1. The number of thiophene rings is 1. The van der Waals surface area contributed by atoms with Crippen LogP contribution in [0.5, 0.6) is 0 Å². The van der Waals surface area contributed by atoms with Crippen molar-refractivity contribution in [2.45, 2.75) is 10.2 Å². The maximum atomic E-state index is 4.37. The van der Waals surface area contributed by atoms with Gasteiger partial charge < -0.3 is 4.57 Å². The van der Waals surface area contributed by atoms with E-state index in [-0.39, 0.29) is 0 Å². The van der Waals surface area contributed by atoms with Gasteiger partial charge >= 0.3 is 0 Å². The standard InChI is InChI=1S/C15H11N5S2/c1-20-12(10-5-3-2-4-6-10)18-19-15(20)22-14-11-7-8-21-13(11)16-9-17-14/h2-9H,1H3. The van der Waals surface area contributed by atoms with Crippen LogP contribution in [0.1, 0.15) is 0 Å². The van der Waals surface area contributed by atoms with Crippen LogP contribution in [0.25, 0.3) is 21.6 Å². The van der Waals surface area contributed by atoms with Gasteiger partial charge in [0.15, 0.2) is 11.0 Å². The number of nitrogens with zero attached hydrogens (tertiary/aromatic N) is 5. The molecule has 4 aromatic rings. The Hall–Kier alpha value is -2.25. The van der Waals surface area contributed by atoms with E-state index in [1.54, 1.807) is 17.7 Å². The third-order valence-corrected chi connectivity index (χ3v) is 5.16. The second-order valence-electron chi connectivity index (χ2n) is 4.65. The predicted molar refractivity (Wildman–Crippen MR) is 88.0 cm³/mol. The van der Waals surface area contributed by atoms with Crippen LogP contribution in [0.4, 0.5) is 0 Å². The Morgan fingerprint density at radius 2 is 1.91 bits per heavy atom. The Kier molecular flexibility index (Phi) is 3.36. The highest BCUT2D eigenvalue weighted by molar-refractivity contribution is 7.99. The lowest BCUT2D eigenvalue weighted by molar-refractivity contribution is 0.793. The van der Waals surface area contributed by atoms with Crippen LogP contribution in [0.3, 0.4) is 0 Å². The monoisotopic (exact) mass is 325 g/mol. The van der Waals surface area contributed by atoms with Gasteiger partial charge in [0.05, 0.1) is 0 Å². The van der Waals surface area contributed by atoms with E-state index < -0.39 is 0 Å². The van der Waals surface area contributed by atoms with E-state index in [4.69, 9.17) is 0 Å². The van der Waals surface area contributed by atoms with Crippen LogP contribution in [-0.2, 0) is 7.05 Å². The molecule has 3 aromatic heterocycles. The van der Waals surface area contributed by atoms with E-state index in [1.807, 2.05) is 53.4 Å².